The maximum absolute atomic E-state index is 4.28. The van der Waals surface area contributed by atoms with Crippen molar-refractivity contribution in [2.24, 2.45) is 0 Å². The second kappa shape index (κ2) is 7.43. The van der Waals surface area contributed by atoms with E-state index in [4.69, 9.17) is 0 Å². The molecule has 2 rings (SSSR count). The van der Waals surface area contributed by atoms with Crippen molar-refractivity contribution in [3.05, 3.63) is 18.1 Å². The minimum absolute atomic E-state index is 0.794. The van der Waals surface area contributed by atoms with Crippen molar-refractivity contribution in [2.45, 2.75) is 51.5 Å². The van der Waals surface area contributed by atoms with Gasteiger partial charge in [0.2, 0.25) is 0 Å². The number of nitrogens with one attached hydrogen (secondary N) is 1. The third-order valence-electron chi connectivity index (χ3n) is 3.95. The number of nitrogens with zero attached hydrogens (tertiary/aromatic N) is 3. The summed E-state index contributed by atoms with van der Waals surface area (Å²) in [5.41, 5.74) is 1.13. The molecule has 0 atom stereocenters. The van der Waals surface area contributed by atoms with E-state index in [0.29, 0.717) is 0 Å². The Bertz CT molecular complexity index is 374. The van der Waals surface area contributed by atoms with E-state index >= 15 is 0 Å². The summed E-state index contributed by atoms with van der Waals surface area (Å²) >= 11 is 0. The zero-order valence-corrected chi connectivity index (χ0v) is 12.2. The fourth-order valence-corrected chi connectivity index (χ4v) is 2.78. The summed E-state index contributed by atoms with van der Waals surface area (Å²) in [7, 11) is 2.24. The molecular weight excluding hydrogens is 236 g/mol. The first-order valence-corrected chi connectivity index (χ1v) is 7.54. The molecule has 1 fully saturated rings. The highest BCUT2D eigenvalue weighted by molar-refractivity contribution is 5.34. The number of likely N-dealkylation sites (N-methyl/N-ethyl adjacent to an activating group) is 1. The molecule has 0 aromatic carbocycles. The Morgan fingerprint density at radius 1 is 1.32 bits per heavy atom. The van der Waals surface area contributed by atoms with Crippen LogP contribution in [0.25, 0.3) is 0 Å². The first-order chi connectivity index (χ1) is 9.29. The standard InChI is InChI=1S/C15H26N4/c1-3-6-13-11-15(18-12-17-13)16-9-10-19(2)14-7-4-5-8-14/h11-12,14H,3-10H2,1-2H3,(H,16,17,18). The highest BCUT2D eigenvalue weighted by Crippen LogP contribution is 2.21. The maximum Gasteiger partial charge on any atom is 0.129 e. The minimum atomic E-state index is 0.794. The van der Waals surface area contributed by atoms with Crippen LogP contribution >= 0.6 is 0 Å². The Balaban J connectivity index is 1.73. The maximum atomic E-state index is 4.28. The predicted octanol–water partition coefficient (Wildman–Crippen LogP) is 2.72. The lowest BCUT2D eigenvalue weighted by Gasteiger charge is -2.24. The molecular formula is C15H26N4. The van der Waals surface area contributed by atoms with Gasteiger partial charge in [-0.2, -0.15) is 0 Å². The van der Waals surface area contributed by atoms with E-state index in [1.54, 1.807) is 6.33 Å². The highest BCUT2D eigenvalue weighted by Gasteiger charge is 2.18. The molecule has 4 nitrogen and oxygen atoms in total. The van der Waals surface area contributed by atoms with Gasteiger partial charge in [-0.05, 0) is 26.3 Å². The normalized spacial score (nSPS) is 16.2. The smallest absolute Gasteiger partial charge is 0.129 e. The number of rotatable bonds is 7. The molecule has 19 heavy (non-hydrogen) atoms. The van der Waals surface area contributed by atoms with Crippen LogP contribution in [-0.4, -0.2) is 41.0 Å². The lowest BCUT2D eigenvalue weighted by molar-refractivity contribution is 0.254. The Kier molecular flexibility index (Phi) is 5.58. The van der Waals surface area contributed by atoms with Crippen LogP contribution in [0, 0.1) is 0 Å². The zero-order valence-electron chi connectivity index (χ0n) is 12.2. The molecule has 106 valence electrons. The molecule has 4 heteroatoms. The molecule has 0 spiro atoms. The predicted molar refractivity (Wildman–Crippen MR) is 79.4 cm³/mol. The molecule has 1 aromatic rings. The van der Waals surface area contributed by atoms with Gasteiger partial charge >= 0.3 is 0 Å². The van der Waals surface area contributed by atoms with Crippen LogP contribution in [0.4, 0.5) is 5.82 Å². The Morgan fingerprint density at radius 2 is 2.11 bits per heavy atom. The molecule has 1 aromatic heterocycles. The lowest BCUT2D eigenvalue weighted by Crippen LogP contribution is -2.33. The molecule has 0 bridgehead atoms. The second-order valence-electron chi connectivity index (χ2n) is 5.49. The summed E-state index contributed by atoms with van der Waals surface area (Å²) in [4.78, 5) is 11.0. The van der Waals surface area contributed by atoms with Gasteiger partial charge in [0.05, 0.1) is 0 Å². The summed E-state index contributed by atoms with van der Waals surface area (Å²) < 4.78 is 0. The summed E-state index contributed by atoms with van der Waals surface area (Å²) in [6.07, 6.45) is 9.34. The van der Waals surface area contributed by atoms with Crippen LogP contribution in [0.3, 0.4) is 0 Å². The van der Waals surface area contributed by atoms with Crippen molar-refractivity contribution in [1.82, 2.24) is 14.9 Å². The third kappa shape index (κ3) is 4.46. The summed E-state index contributed by atoms with van der Waals surface area (Å²) in [6, 6.07) is 2.86. The van der Waals surface area contributed by atoms with Gasteiger partial charge in [-0.25, -0.2) is 9.97 Å². The van der Waals surface area contributed by atoms with Gasteiger partial charge in [-0.3, -0.25) is 0 Å². The Labute approximate surface area is 116 Å². The van der Waals surface area contributed by atoms with Gasteiger partial charge in [0.15, 0.2) is 0 Å². The van der Waals surface area contributed by atoms with Crippen LogP contribution in [0.15, 0.2) is 12.4 Å². The molecule has 1 aliphatic carbocycles. The van der Waals surface area contributed by atoms with E-state index in [9.17, 15) is 0 Å². The first-order valence-electron chi connectivity index (χ1n) is 7.54. The number of hydrogen-bond donors (Lipinski definition) is 1. The van der Waals surface area contributed by atoms with Gasteiger partial charge in [-0.15, -0.1) is 0 Å². The molecule has 1 saturated carbocycles. The zero-order chi connectivity index (χ0) is 13.5. The Hall–Kier alpha value is -1.16. The van der Waals surface area contributed by atoms with E-state index in [-0.39, 0.29) is 0 Å². The van der Waals surface area contributed by atoms with E-state index in [1.807, 2.05) is 0 Å². The largest absolute Gasteiger partial charge is 0.369 e. The van der Waals surface area contributed by atoms with Gasteiger partial charge < -0.3 is 10.2 Å². The second-order valence-corrected chi connectivity index (χ2v) is 5.49. The van der Waals surface area contributed by atoms with Crippen molar-refractivity contribution in [2.75, 3.05) is 25.5 Å². The van der Waals surface area contributed by atoms with Crippen molar-refractivity contribution >= 4 is 5.82 Å². The number of anilines is 1. The number of aromatic nitrogens is 2. The topological polar surface area (TPSA) is 41.0 Å². The van der Waals surface area contributed by atoms with Gasteiger partial charge in [0.1, 0.15) is 12.1 Å². The number of hydrogen-bond acceptors (Lipinski definition) is 4. The molecule has 0 amide bonds. The molecule has 1 N–H and O–H groups in total. The summed E-state index contributed by atoms with van der Waals surface area (Å²) in [5.74, 6) is 0.957. The lowest BCUT2D eigenvalue weighted by atomic mass is 10.2. The number of aryl methyl sites for hydroxylation is 1. The monoisotopic (exact) mass is 262 g/mol. The van der Waals surface area contributed by atoms with E-state index in [0.717, 1.165) is 43.5 Å². The molecule has 0 saturated heterocycles. The van der Waals surface area contributed by atoms with Crippen molar-refractivity contribution in [1.29, 1.82) is 0 Å². The summed E-state index contributed by atoms with van der Waals surface area (Å²) in [5, 5.41) is 3.41. The molecule has 0 unspecified atom stereocenters. The van der Waals surface area contributed by atoms with E-state index in [2.05, 4.69) is 40.2 Å². The molecule has 0 aliphatic heterocycles. The summed E-state index contributed by atoms with van der Waals surface area (Å²) in [6.45, 7) is 4.21. The van der Waals surface area contributed by atoms with E-state index < -0.39 is 0 Å². The van der Waals surface area contributed by atoms with E-state index in [1.165, 1.54) is 25.7 Å². The van der Waals surface area contributed by atoms with Crippen LogP contribution < -0.4 is 5.32 Å². The average Bonchev–Trinajstić information content (AvgIpc) is 2.93. The minimum Gasteiger partial charge on any atom is -0.369 e. The fraction of sp³-hybridized carbons (Fsp3) is 0.733. The quantitative estimate of drug-likeness (QED) is 0.820. The first kappa shape index (κ1) is 14.3. The molecule has 0 radical (unpaired) electrons. The van der Waals surface area contributed by atoms with Crippen molar-refractivity contribution in [3.63, 3.8) is 0 Å². The van der Waals surface area contributed by atoms with Gasteiger partial charge in [0.25, 0.3) is 0 Å². The highest BCUT2D eigenvalue weighted by atomic mass is 15.1. The Morgan fingerprint density at radius 3 is 2.84 bits per heavy atom. The molecule has 1 aliphatic rings. The van der Waals surface area contributed by atoms with Crippen LogP contribution in [0.2, 0.25) is 0 Å². The molecule has 1 heterocycles. The van der Waals surface area contributed by atoms with Gasteiger partial charge in [-0.1, -0.05) is 26.2 Å². The SMILES string of the molecule is CCCc1cc(NCCN(C)C2CCCC2)ncn1. The van der Waals surface area contributed by atoms with Crippen molar-refractivity contribution in [3.8, 4) is 0 Å². The average molecular weight is 262 g/mol. The van der Waals surface area contributed by atoms with Crippen LogP contribution in [-0.2, 0) is 6.42 Å². The third-order valence-corrected chi connectivity index (χ3v) is 3.95. The van der Waals surface area contributed by atoms with Crippen LogP contribution in [0.1, 0.15) is 44.7 Å². The van der Waals surface area contributed by atoms with Crippen molar-refractivity contribution < 1.29 is 0 Å². The fourth-order valence-electron chi connectivity index (χ4n) is 2.78. The van der Waals surface area contributed by atoms with Crippen LogP contribution in [0.5, 0.6) is 0 Å². The van der Waals surface area contributed by atoms with Gasteiger partial charge in [0, 0.05) is 30.9 Å².